The van der Waals surface area contributed by atoms with Crippen LogP contribution < -0.4 is 0 Å². The van der Waals surface area contributed by atoms with E-state index in [4.69, 9.17) is 9.47 Å². The molecule has 3 rings (SSSR count). The topological polar surface area (TPSA) is 73.7 Å². The second-order valence-corrected chi connectivity index (χ2v) is 10.5. The van der Waals surface area contributed by atoms with Crippen LogP contribution in [-0.4, -0.2) is 50.9 Å². The van der Waals surface area contributed by atoms with Crippen LogP contribution in [-0.2, 0) is 22.3 Å². The summed E-state index contributed by atoms with van der Waals surface area (Å²) in [6, 6.07) is 3.80. The monoisotopic (exact) mass is 479 g/mol. The number of aromatic nitrogens is 2. The molecule has 0 aliphatic heterocycles. The highest BCUT2D eigenvalue weighted by atomic mass is 79.9. The van der Waals surface area contributed by atoms with E-state index in [1.165, 1.54) is 0 Å². The molecule has 30 heavy (non-hydrogen) atoms. The molecular weight excluding hydrogens is 450 g/mol. The maximum absolute atomic E-state index is 13.0. The van der Waals surface area contributed by atoms with E-state index in [-0.39, 0.29) is 12.1 Å². The van der Waals surface area contributed by atoms with Crippen LogP contribution in [0.4, 0.5) is 9.59 Å². The molecule has 8 heteroatoms. The van der Waals surface area contributed by atoms with Crippen molar-refractivity contribution >= 4 is 39.1 Å². The van der Waals surface area contributed by atoms with Crippen LogP contribution in [0.1, 0.15) is 59.2 Å². The third-order valence-electron chi connectivity index (χ3n) is 4.96. The lowest BCUT2D eigenvalue weighted by molar-refractivity contribution is 0.0207. The maximum atomic E-state index is 13.0. The molecule has 0 spiro atoms. The Hall–Kier alpha value is -2.09. The second-order valence-electron chi connectivity index (χ2n) is 9.73. The zero-order chi connectivity index (χ0) is 22.4. The predicted octanol–water partition coefficient (Wildman–Crippen LogP) is 5.31. The second kappa shape index (κ2) is 7.87. The van der Waals surface area contributed by atoms with Crippen LogP contribution in [0, 0.1) is 0 Å². The largest absolute Gasteiger partial charge is 0.444 e. The lowest BCUT2D eigenvalue weighted by Crippen LogP contribution is -2.43. The predicted molar refractivity (Wildman–Crippen MR) is 119 cm³/mol. The van der Waals surface area contributed by atoms with Gasteiger partial charge in [-0.25, -0.2) is 19.1 Å². The molecule has 0 N–H and O–H groups in total. The molecule has 0 fully saturated rings. The van der Waals surface area contributed by atoms with Crippen LogP contribution >= 0.6 is 15.9 Å². The minimum atomic E-state index is -0.610. The number of pyridine rings is 1. The van der Waals surface area contributed by atoms with Gasteiger partial charge in [-0.2, -0.15) is 0 Å². The van der Waals surface area contributed by atoms with Gasteiger partial charge in [0.1, 0.15) is 15.8 Å². The highest BCUT2D eigenvalue weighted by Gasteiger charge is 2.34. The standard InChI is InChI=1S/C22H30BrN3O4/c1-21(2,3)29-19(27)25(7)13-8-10-16-15(12-13)14-9-11-17(23)24-18(14)26(16)20(28)30-22(4,5)6/h9,11,13H,8,10,12H2,1-7H3. The Morgan fingerprint density at radius 2 is 1.77 bits per heavy atom. The zero-order valence-electron chi connectivity index (χ0n) is 18.7. The molecule has 1 aliphatic carbocycles. The van der Waals surface area contributed by atoms with Crippen LogP contribution in [0.15, 0.2) is 16.7 Å². The third-order valence-corrected chi connectivity index (χ3v) is 5.40. The number of halogens is 1. The van der Waals surface area contributed by atoms with E-state index in [0.29, 0.717) is 23.1 Å². The molecule has 1 amide bonds. The molecule has 0 aromatic carbocycles. The number of likely N-dealkylation sites (N-methyl/N-ethyl adjacent to an activating group) is 1. The van der Waals surface area contributed by atoms with Crippen molar-refractivity contribution in [3.8, 4) is 0 Å². The van der Waals surface area contributed by atoms with Crippen LogP contribution in [0.25, 0.3) is 11.0 Å². The van der Waals surface area contributed by atoms with Crippen molar-refractivity contribution < 1.29 is 19.1 Å². The van der Waals surface area contributed by atoms with Gasteiger partial charge in [0.2, 0.25) is 0 Å². The molecule has 2 aromatic heterocycles. The normalized spacial score (nSPS) is 16.9. The Bertz CT molecular complexity index is 985. The van der Waals surface area contributed by atoms with E-state index >= 15 is 0 Å². The summed E-state index contributed by atoms with van der Waals surface area (Å²) in [5.74, 6) is 0. The van der Waals surface area contributed by atoms with Crippen molar-refractivity contribution in [2.75, 3.05) is 7.05 Å². The molecule has 0 bridgehead atoms. The Balaban J connectivity index is 1.98. The number of rotatable bonds is 1. The molecule has 2 heterocycles. The molecule has 7 nitrogen and oxygen atoms in total. The summed E-state index contributed by atoms with van der Waals surface area (Å²) >= 11 is 3.41. The molecule has 0 saturated carbocycles. The van der Waals surface area contributed by atoms with Gasteiger partial charge >= 0.3 is 12.2 Å². The Morgan fingerprint density at radius 3 is 2.37 bits per heavy atom. The van der Waals surface area contributed by atoms with Crippen LogP contribution in [0.5, 0.6) is 0 Å². The Kier molecular flexibility index (Phi) is 5.93. The summed E-state index contributed by atoms with van der Waals surface area (Å²) in [5, 5.41) is 0.904. The number of hydrogen-bond acceptors (Lipinski definition) is 5. The molecule has 0 saturated heterocycles. The number of amides is 1. The van der Waals surface area contributed by atoms with Gasteiger partial charge in [0.25, 0.3) is 0 Å². The summed E-state index contributed by atoms with van der Waals surface area (Å²) in [7, 11) is 1.77. The number of ether oxygens (including phenoxy) is 2. The number of fused-ring (bicyclic) bond motifs is 3. The molecule has 1 atom stereocenters. The van der Waals surface area contributed by atoms with Crippen molar-refractivity contribution in [1.29, 1.82) is 0 Å². The van der Waals surface area contributed by atoms with Crippen molar-refractivity contribution in [3.63, 3.8) is 0 Å². The van der Waals surface area contributed by atoms with E-state index in [1.54, 1.807) is 16.5 Å². The van der Waals surface area contributed by atoms with Crippen molar-refractivity contribution in [2.24, 2.45) is 0 Å². The van der Waals surface area contributed by atoms with Crippen molar-refractivity contribution in [1.82, 2.24) is 14.5 Å². The quantitative estimate of drug-likeness (QED) is 0.518. The van der Waals surface area contributed by atoms with Crippen LogP contribution in [0.2, 0.25) is 0 Å². The third kappa shape index (κ3) is 4.79. The SMILES string of the molecule is CN(C(=O)OC(C)(C)C)C1CCc2c(c3ccc(Br)nc3n2C(=O)OC(C)(C)C)C1. The lowest BCUT2D eigenvalue weighted by atomic mass is 9.91. The van der Waals surface area contributed by atoms with E-state index in [0.717, 1.165) is 23.1 Å². The van der Waals surface area contributed by atoms with Gasteiger partial charge in [-0.1, -0.05) is 0 Å². The van der Waals surface area contributed by atoms with E-state index in [2.05, 4.69) is 20.9 Å². The van der Waals surface area contributed by atoms with Gasteiger partial charge in [-0.05, 0) is 94.4 Å². The number of carbonyl (C=O) groups excluding carboxylic acids is 2. The van der Waals surface area contributed by atoms with Crippen molar-refractivity contribution in [2.45, 2.75) is 78.0 Å². The first-order valence-electron chi connectivity index (χ1n) is 10.1. The van der Waals surface area contributed by atoms with E-state index < -0.39 is 17.3 Å². The summed E-state index contributed by atoms with van der Waals surface area (Å²) < 4.78 is 13.4. The summed E-state index contributed by atoms with van der Waals surface area (Å²) in [6.07, 6.45) is 1.22. The van der Waals surface area contributed by atoms with Crippen molar-refractivity contribution in [3.05, 3.63) is 28.0 Å². The van der Waals surface area contributed by atoms with Gasteiger partial charge in [0.15, 0.2) is 5.65 Å². The van der Waals surface area contributed by atoms with Gasteiger partial charge in [-0.3, -0.25) is 0 Å². The minimum absolute atomic E-state index is 0.0197. The molecule has 0 radical (unpaired) electrons. The first-order valence-corrected chi connectivity index (χ1v) is 10.9. The fourth-order valence-corrected chi connectivity index (χ4v) is 4.00. The Labute approximate surface area is 185 Å². The first kappa shape index (κ1) is 22.6. The number of nitrogens with zero attached hydrogens (tertiary/aromatic N) is 3. The smallest absolute Gasteiger partial charge is 0.420 e. The zero-order valence-corrected chi connectivity index (χ0v) is 20.3. The summed E-state index contributed by atoms with van der Waals surface area (Å²) in [4.78, 5) is 31.8. The first-order chi connectivity index (χ1) is 13.8. The van der Waals surface area contributed by atoms with Gasteiger partial charge in [-0.15, -0.1) is 0 Å². The Morgan fingerprint density at radius 1 is 1.13 bits per heavy atom. The van der Waals surface area contributed by atoms with Gasteiger partial charge in [0.05, 0.1) is 0 Å². The fraction of sp³-hybridized carbons (Fsp3) is 0.591. The molecule has 1 aliphatic rings. The molecule has 2 aromatic rings. The van der Waals surface area contributed by atoms with Crippen LogP contribution in [0.3, 0.4) is 0 Å². The number of hydrogen-bond donors (Lipinski definition) is 0. The average molecular weight is 480 g/mol. The summed E-state index contributed by atoms with van der Waals surface area (Å²) in [5.41, 5.74) is 1.35. The maximum Gasteiger partial charge on any atom is 0.420 e. The molecule has 1 unspecified atom stereocenters. The molecular formula is C22H30BrN3O4. The highest BCUT2D eigenvalue weighted by Crippen LogP contribution is 2.34. The van der Waals surface area contributed by atoms with Gasteiger partial charge in [0, 0.05) is 24.2 Å². The fourth-order valence-electron chi connectivity index (χ4n) is 3.70. The van der Waals surface area contributed by atoms with E-state index in [1.807, 2.05) is 53.7 Å². The lowest BCUT2D eigenvalue weighted by Gasteiger charge is -2.33. The average Bonchev–Trinajstić information content (AvgIpc) is 2.90. The number of carbonyl (C=O) groups is 2. The highest BCUT2D eigenvalue weighted by molar-refractivity contribution is 9.10. The van der Waals surface area contributed by atoms with E-state index in [9.17, 15) is 9.59 Å². The molecule has 164 valence electrons. The summed E-state index contributed by atoms with van der Waals surface area (Å²) in [6.45, 7) is 11.1. The minimum Gasteiger partial charge on any atom is -0.444 e. The van der Waals surface area contributed by atoms with Gasteiger partial charge < -0.3 is 14.4 Å².